The lowest BCUT2D eigenvalue weighted by Gasteiger charge is -2.30. The van der Waals surface area contributed by atoms with Crippen LogP contribution < -0.4 is 11.1 Å². The molecule has 0 aromatic heterocycles. The molecule has 0 aromatic rings. The minimum Gasteiger partial charge on any atom is -0.368 e. The van der Waals surface area contributed by atoms with Gasteiger partial charge in [-0.05, 0) is 31.1 Å². The van der Waals surface area contributed by atoms with Crippen molar-refractivity contribution in [1.29, 1.82) is 0 Å². The summed E-state index contributed by atoms with van der Waals surface area (Å²) in [6.45, 7) is 7.87. The van der Waals surface area contributed by atoms with E-state index in [4.69, 9.17) is 10.5 Å². The van der Waals surface area contributed by atoms with E-state index in [1.807, 2.05) is 20.8 Å². The maximum Gasteiger partial charge on any atom is 0.249 e. The van der Waals surface area contributed by atoms with E-state index in [-0.39, 0.29) is 17.9 Å². The number of nitrogens with two attached hydrogens (primary N) is 1. The van der Waals surface area contributed by atoms with Gasteiger partial charge in [-0.15, -0.1) is 0 Å². The fourth-order valence-electron chi connectivity index (χ4n) is 2.89. The second-order valence-corrected chi connectivity index (χ2v) is 6.56. The van der Waals surface area contributed by atoms with Crippen LogP contribution in [-0.2, 0) is 14.3 Å². The molecular weight excluding hydrogens is 268 g/mol. The lowest BCUT2D eigenvalue weighted by Crippen LogP contribution is -2.51. The van der Waals surface area contributed by atoms with Crippen LogP contribution in [-0.4, -0.2) is 30.1 Å². The van der Waals surface area contributed by atoms with Crippen LogP contribution in [0.25, 0.3) is 0 Å². The first-order valence-corrected chi connectivity index (χ1v) is 8.10. The number of hydrogen-bond acceptors (Lipinski definition) is 3. The van der Waals surface area contributed by atoms with Crippen LogP contribution in [0.4, 0.5) is 0 Å². The molecule has 1 saturated carbocycles. The van der Waals surface area contributed by atoms with E-state index in [1.54, 1.807) is 0 Å². The van der Waals surface area contributed by atoms with Crippen molar-refractivity contribution in [1.82, 2.24) is 5.32 Å². The second-order valence-electron chi connectivity index (χ2n) is 6.56. The van der Waals surface area contributed by atoms with Gasteiger partial charge in [-0.1, -0.05) is 40.5 Å². The van der Waals surface area contributed by atoms with Crippen molar-refractivity contribution in [3.05, 3.63) is 0 Å². The summed E-state index contributed by atoms with van der Waals surface area (Å²) in [7, 11) is 0. The summed E-state index contributed by atoms with van der Waals surface area (Å²) in [6.07, 6.45) is 4.65. The van der Waals surface area contributed by atoms with Crippen molar-refractivity contribution < 1.29 is 14.3 Å². The Hall–Kier alpha value is -1.10. The summed E-state index contributed by atoms with van der Waals surface area (Å²) in [5, 5.41) is 2.73. The minimum atomic E-state index is -0.638. The molecule has 3 N–H and O–H groups in total. The predicted octanol–water partition coefficient (Wildman–Crippen LogP) is 1.99. The lowest BCUT2D eigenvalue weighted by atomic mass is 9.88. The first-order valence-electron chi connectivity index (χ1n) is 8.10. The quantitative estimate of drug-likeness (QED) is 0.754. The molecule has 0 heterocycles. The van der Waals surface area contributed by atoms with Gasteiger partial charge in [0.2, 0.25) is 11.8 Å². The number of ether oxygens (including phenoxy) is 1. The molecule has 122 valence electrons. The van der Waals surface area contributed by atoms with E-state index in [1.165, 1.54) is 6.42 Å². The average Bonchev–Trinajstić information content (AvgIpc) is 2.41. The van der Waals surface area contributed by atoms with Crippen LogP contribution >= 0.6 is 0 Å². The number of hydrogen-bond donors (Lipinski definition) is 2. The van der Waals surface area contributed by atoms with Crippen molar-refractivity contribution >= 4 is 11.8 Å². The molecule has 0 radical (unpaired) electrons. The number of amides is 2. The van der Waals surface area contributed by atoms with Crippen LogP contribution in [0.3, 0.4) is 0 Å². The van der Waals surface area contributed by atoms with Crippen LogP contribution in [0.2, 0.25) is 0 Å². The number of rotatable bonds is 7. The smallest absolute Gasteiger partial charge is 0.249 e. The molecule has 21 heavy (non-hydrogen) atoms. The van der Waals surface area contributed by atoms with Crippen LogP contribution in [0.1, 0.15) is 59.8 Å². The fourth-order valence-corrected chi connectivity index (χ4v) is 2.89. The fraction of sp³-hybridized carbons (Fsp3) is 0.875. The third kappa shape index (κ3) is 5.65. The zero-order valence-corrected chi connectivity index (χ0v) is 13.7. The van der Waals surface area contributed by atoms with Crippen molar-refractivity contribution in [2.24, 2.45) is 17.6 Å². The molecule has 1 fully saturated rings. The Bertz CT molecular complexity index is 357. The zero-order valence-electron chi connectivity index (χ0n) is 13.7. The molecule has 1 aliphatic rings. The van der Waals surface area contributed by atoms with Crippen LogP contribution in [0.5, 0.6) is 0 Å². The van der Waals surface area contributed by atoms with Crippen molar-refractivity contribution in [2.45, 2.75) is 78.0 Å². The van der Waals surface area contributed by atoms with Gasteiger partial charge in [0.15, 0.2) is 0 Å². The van der Waals surface area contributed by atoms with Gasteiger partial charge in [-0.25, -0.2) is 0 Å². The summed E-state index contributed by atoms with van der Waals surface area (Å²) >= 11 is 0. The Kier molecular flexibility index (Phi) is 7.15. The normalized spacial score (nSPS) is 25.4. The number of carbonyl (C=O) groups is 2. The predicted molar refractivity (Wildman–Crippen MR) is 82.5 cm³/mol. The van der Waals surface area contributed by atoms with E-state index in [0.29, 0.717) is 12.3 Å². The van der Waals surface area contributed by atoms with Gasteiger partial charge in [-0.2, -0.15) is 0 Å². The van der Waals surface area contributed by atoms with Gasteiger partial charge in [0.1, 0.15) is 12.1 Å². The third-order valence-corrected chi connectivity index (χ3v) is 4.18. The lowest BCUT2D eigenvalue weighted by molar-refractivity contribution is -0.142. The highest BCUT2D eigenvalue weighted by atomic mass is 16.5. The summed E-state index contributed by atoms with van der Waals surface area (Å²) < 4.78 is 5.97. The Morgan fingerprint density at radius 3 is 2.48 bits per heavy atom. The summed E-state index contributed by atoms with van der Waals surface area (Å²) in [4.78, 5) is 23.7. The van der Waals surface area contributed by atoms with E-state index < -0.39 is 18.1 Å². The van der Waals surface area contributed by atoms with Crippen LogP contribution in [0, 0.1) is 11.8 Å². The Labute approximate surface area is 128 Å². The Morgan fingerprint density at radius 2 is 2.00 bits per heavy atom. The van der Waals surface area contributed by atoms with Gasteiger partial charge < -0.3 is 15.8 Å². The minimum absolute atomic E-state index is 0.0290. The number of carbonyl (C=O) groups excluding carboxylic acids is 2. The highest BCUT2D eigenvalue weighted by Crippen LogP contribution is 2.27. The maximum atomic E-state index is 12.3. The molecule has 2 amide bonds. The molecule has 0 unspecified atom stereocenters. The van der Waals surface area contributed by atoms with E-state index in [0.717, 1.165) is 19.3 Å². The molecule has 0 spiro atoms. The van der Waals surface area contributed by atoms with Crippen molar-refractivity contribution in [3.8, 4) is 0 Å². The van der Waals surface area contributed by atoms with E-state index in [2.05, 4.69) is 12.2 Å². The van der Waals surface area contributed by atoms with E-state index in [9.17, 15) is 9.59 Å². The maximum absolute atomic E-state index is 12.3. The third-order valence-electron chi connectivity index (χ3n) is 4.18. The molecular formula is C16H30N2O3. The first-order chi connectivity index (χ1) is 9.85. The monoisotopic (exact) mass is 298 g/mol. The Balaban J connectivity index is 2.57. The summed E-state index contributed by atoms with van der Waals surface area (Å²) in [6, 6.07) is -0.638. The van der Waals surface area contributed by atoms with Gasteiger partial charge in [0, 0.05) is 0 Å². The summed E-state index contributed by atoms with van der Waals surface area (Å²) in [5.41, 5.74) is 5.34. The molecule has 0 bridgehead atoms. The van der Waals surface area contributed by atoms with Gasteiger partial charge in [-0.3, -0.25) is 9.59 Å². The van der Waals surface area contributed by atoms with Gasteiger partial charge in [0.05, 0.1) is 6.10 Å². The summed E-state index contributed by atoms with van der Waals surface area (Å²) in [5.74, 6) is -0.107. The zero-order chi connectivity index (χ0) is 16.0. The molecule has 1 aliphatic carbocycles. The average molecular weight is 298 g/mol. The Morgan fingerprint density at radius 1 is 1.33 bits per heavy atom. The highest BCUT2D eigenvalue weighted by Gasteiger charge is 2.29. The number of primary amides is 1. The first kappa shape index (κ1) is 18.0. The molecule has 0 saturated heterocycles. The van der Waals surface area contributed by atoms with Crippen molar-refractivity contribution in [2.75, 3.05) is 0 Å². The molecule has 5 heteroatoms. The number of nitrogens with one attached hydrogen (secondary N) is 1. The molecule has 4 atom stereocenters. The van der Waals surface area contributed by atoms with Crippen LogP contribution in [0.15, 0.2) is 0 Å². The van der Waals surface area contributed by atoms with Gasteiger partial charge in [0.25, 0.3) is 0 Å². The molecule has 0 aliphatic heterocycles. The second kappa shape index (κ2) is 8.37. The molecule has 1 rings (SSSR count). The molecule has 5 nitrogen and oxygen atoms in total. The highest BCUT2D eigenvalue weighted by molar-refractivity contribution is 5.88. The van der Waals surface area contributed by atoms with Gasteiger partial charge >= 0.3 is 0 Å². The topological polar surface area (TPSA) is 81.4 Å². The SMILES string of the molecule is CC[C@H](O[C@@H]1CCC[C@H](C)C1)C(=O)N[C@@H](C(N)=O)C(C)C. The van der Waals surface area contributed by atoms with Crippen molar-refractivity contribution in [3.63, 3.8) is 0 Å². The molecule has 0 aromatic carbocycles. The standard InChI is InChI=1S/C16H30N2O3/c1-5-13(21-12-8-6-7-11(4)9-12)16(20)18-14(10(2)3)15(17)19/h10-14H,5-9H2,1-4H3,(H2,17,19)(H,18,20)/t11-,12+,13-,14+/m0/s1. The van der Waals surface area contributed by atoms with E-state index >= 15 is 0 Å². The largest absolute Gasteiger partial charge is 0.368 e.